The zero-order valence-corrected chi connectivity index (χ0v) is 20.0. The van der Waals surface area contributed by atoms with E-state index in [0.717, 1.165) is 33.3 Å². The van der Waals surface area contributed by atoms with E-state index in [1.165, 1.54) is 24.3 Å². The summed E-state index contributed by atoms with van der Waals surface area (Å²) in [7, 11) is -4.50. The second-order valence-electron chi connectivity index (χ2n) is 7.43. The molecule has 34 heavy (non-hydrogen) atoms. The van der Waals surface area contributed by atoms with Gasteiger partial charge in [-0.25, -0.2) is 0 Å². The molecule has 0 amide bonds. The summed E-state index contributed by atoms with van der Waals surface area (Å²) in [5, 5.41) is 0. The van der Waals surface area contributed by atoms with Gasteiger partial charge in [-0.3, -0.25) is 23.4 Å². The molecule has 1 aliphatic rings. The molecule has 0 spiro atoms. The zero-order valence-electron chi connectivity index (χ0n) is 19.2. The molecular weight excluding hydrogens is 476 g/mol. The average Bonchev–Trinajstić information content (AvgIpc) is 2.70. The molecule has 13 heteroatoms. The van der Waals surface area contributed by atoms with Gasteiger partial charge >= 0.3 is 23.9 Å². The fraction of sp³-hybridized carbons (Fsp3) is 0.524. The summed E-state index contributed by atoms with van der Waals surface area (Å²) in [5.74, 6) is -3.27. The van der Waals surface area contributed by atoms with Crippen molar-refractivity contribution in [3.8, 4) is 0 Å². The molecule has 0 saturated carbocycles. The van der Waals surface area contributed by atoms with Gasteiger partial charge in [0.05, 0.1) is 4.90 Å². The van der Waals surface area contributed by atoms with E-state index in [4.69, 9.17) is 27.9 Å². The summed E-state index contributed by atoms with van der Waals surface area (Å²) in [6.07, 6.45) is -7.86. The van der Waals surface area contributed by atoms with Gasteiger partial charge in [-0.1, -0.05) is 17.7 Å². The van der Waals surface area contributed by atoms with Crippen LogP contribution in [0.5, 0.6) is 0 Å². The van der Waals surface area contributed by atoms with Gasteiger partial charge in [-0.05, 0) is 19.1 Å². The van der Waals surface area contributed by atoms with E-state index in [1.54, 1.807) is 6.92 Å². The van der Waals surface area contributed by atoms with Crippen LogP contribution in [0.2, 0.25) is 0 Å². The van der Waals surface area contributed by atoms with E-state index in [9.17, 15) is 27.6 Å². The van der Waals surface area contributed by atoms with Crippen molar-refractivity contribution in [1.29, 1.82) is 0 Å². The van der Waals surface area contributed by atoms with E-state index in [2.05, 4.69) is 0 Å². The van der Waals surface area contributed by atoms with Gasteiger partial charge in [0, 0.05) is 27.7 Å². The normalized spacial score (nSPS) is 24.6. The quantitative estimate of drug-likeness (QED) is 0.280. The number of hydrogen-bond donors (Lipinski definition) is 0. The van der Waals surface area contributed by atoms with Crippen molar-refractivity contribution in [2.75, 3.05) is 6.61 Å². The Morgan fingerprint density at radius 2 is 1.32 bits per heavy atom. The number of carbonyl (C=O) groups excluding carboxylic acids is 4. The highest BCUT2D eigenvalue weighted by Crippen LogP contribution is 2.32. The smallest absolute Gasteiger partial charge is 0.305 e. The van der Waals surface area contributed by atoms with Gasteiger partial charge in [0.15, 0.2) is 18.3 Å². The van der Waals surface area contributed by atoms with Gasteiger partial charge in [-0.15, -0.1) is 0 Å². The Kier molecular flexibility index (Phi) is 9.13. The van der Waals surface area contributed by atoms with Gasteiger partial charge in [-0.2, -0.15) is 8.42 Å². The Balaban J connectivity index is 2.52. The number of esters is 4. The third kappa shape index (κ3) is 7.50. The highest BCUT2D eigenvalue weighted by molar-refractivity contribution is 7.86. The third-order valence-corrected chi connectivity index (χ3v) is 5.80. The standard InChI is InChI=1S/C21H26O12S/c1-11-6-8-16(9-7-11)34(26,27)33-20-19(30-14(4)24)18(29-13(3)23)17(10-28-12(2)22)32-21(20)31-15(5)25/h6-9,17-21H,10H2,1-5H3/t17-,18+,19+,20-,21+/m1/s1. The second-order valence-corrected chi connectivity index (χ2v) is 9.00. The van der Waals surface area contributed by atoms with Crippen molar-refractivity contribution in [2.24, 2.45) is 0 Å². The highest BCUT2D eigenvalue weighted by Gasteiger charge is 2.54. The maximum atomic E-state index is 13.0. The first-order chi connectivity index (χ1) is 15.8. The molecule has 1 aliphatic heterocycles. The molecule has 1 aromatic carbocycles. The molecule has 1 saturated heterocycles. The van der Waals surface area contributed by atoms with Crippen LogP contribution in [0.15, 0.2) is 29.2 Å². The van der Waals surface area contributed by atoms with Gasteiger partial charge < -0.3 is 23.7 Å². The van der Waals surface area contributed by atoms with E-state index in [1.807, 2.05) is 0 Å². The van der Waals surface area contributed by atoms with Crippen molar-refractivity contribution in [3.63, 3.8) is 0 Å². The fourth-order valence-corrected chi connectivity index (χ4v) is 4.21. The molecule has 5 atom stereocenters. The van der Waals surface area contributed by atoms with Crippen LogP contribution < -0.4 is 0 Å². The number of carbonyl (C=O) groups is 4. The summed E-state index contributed by atoms with van der Waals surface area (Å²) >= 11 is 0. The lowest BCUT2D eigenvalue weighted by Gasteiger charge is -2.43. The molecule has 0 unspecified atom stereocenters. The Bertz CT molecular complexity index is 1020. The van der Waals surface area contributed by atoms with Crippen LogP contribution in [0.1, 0.15) is 33.3 Å². The molecule has 188 valence electrons. The zero-order chi connectivity index (χ0) is 25.6. The Morgan fingerprint density at radius 3 is 1.82 bits per heavy atom. The molecule has 0 aromatic heterocycles. The molecule has 12 nitrogen and oxygen atoms in total. The first-order valence-electron chi connectivity index (χ1n) is 10.1. The maximum absolute atomic E-state index is 13.0. The van der Waals surface area contributed by atoms with Crippen LogP contribution in [0.3, 0.4) is 0 Å². The summed E-state index contributed by atoms with van der Waals surface area (Å²) in [4.78, 5) is 46.4. The monoisotopic (exact) mass is 502 g/mol. The molecule has 1 heterocycles. The predicted octanol–water partition coefficient (Wildman–Crippen LogP) is 0.783. The van der Waals surface area contributed by atoms with E-state index >= 15 is 0 Å². The Hall–Kier alpha value is -3.03. The molecule has 0 N–H and O–H groups in total. The van der Waals surface area contributed by atoms with Crippen LogP contribution in [-0.4, -0.2) is 69.6 Å². The number of rotatable bonds is 8. The number of aryl methyl sites for hydroxylation is 1. The van der Waals surface area contributed by atoms with E-state index in [0.29, 0.717) is 0 Å². The minimum absolute atomic E-state index is 0.229. The number of hydrogen-bond acceptors (Lipinski definition) is 12. The predicted molar refractivity (Wildman–Crippen MR) is 111 cm³/mol. The van der Waals surface area contributed by atoms with Crippen LogP contribution >= 0.6 is 0 Å². The van der Waals surface area contributed by atoms with Crippen LogP contribution in [-0.2, 0) is 57.2 Å². The lowest BCUT2D eigenvalue weighted by Crippen LogP contribution is -2.63. The minimum atomic E-state index is -4.50. The lowest BCUT2D eigenvalue weighted by molar-refractivity contribution is -0.291. The molecular formula is C21H26O12S. The van der Waals surface area contributed by atoms with E-state index in [-0.39, 0.29) is 4.90 Å². The molecule has 2 rings (SSSR count). The topological polar surface area (TPSA) is 158 Å². The second kappa shape index (κ2) is 11.4. The minimum Gasteiger partial charge on any atom is -0.463 e. The summed E-state index contributed by atoms with van der Waals surface area (Å²) < 4.78 is 57.3. The first kappa shape index (κ1) is 27.2. The molecule has 0 radical (unpaired) electrons. The molecule has 0 bridgehead atoms. The van der Waals surface area contributed by atoms with Crippen LogP contribution in [0.25, 0.3) is 0 Å². The van der Waals surface area contributed by atoms with Crippen molar-refractivity contribution in [1.82, 2.24) is 0 Å². The highest BCUT2D eigenvalue weighted by atomic mass is 32.2. The average molecular weight is 502 g/mol. The fourth-order valence-electron chi connectivity index (χ4n) is 3.14. The van der Waals surface area contributed by atoms with Crippen molar-refractivity contribution in [2.45, 2.75) is 70.2 Å². The number of ether oxygens (including phenoxy) is 5. The maximum Gasteiger partial charge on any atom is 0.305 e. The van der Waals surface area contributed by atoms with Gasteiger partial charge in [0.2, 0.25) is 6.29 Å². The molecule has 1 aromatic rings. The summed E-state index contributed by atoms with van der Waals surface area (Å²) in [5.41, 5.74) is 0.791. The molecule has 0 aliphatic carbocycles. The first-order valence-corrected chi connectivity index (χ1v) is 11.5. The SMILES string of the molecule is CC(=O)OC[C@H]1O[C@H](OC(C)=O)[C@H](OS(=O)(=O)c2ccc(C)cc2)[C@@H](OC(C)=O)[C@H]1OC(C)=O. The van der Waals surface area contributed by atoms with Crippen molar-refractivity contribution >= 4 is 34.0 Å². The van der Waals surface area contributed by atoms with E-state index < -0.39 is 71.3 Å². The summed E-state index contributed by atoms with van der Waals surface area (Å²) in [6.45, 7) is 5.52. The van der Waals surface area contributed by atoms with Crippen LogP contribution in [0, 0.1) is 6.92 Å². The van der Waals surface area contributed by atoms with Crippen LogP contribution in [0.4, 0.5) is 0 Å². The number of benzene rings is 1. The Labute approximate surface area is 196 Å². The van der Waals surface area contributed by atoms with Crippen molar-refractivity contribution < 1.29 is 55.5 Å². The molecule has 1 fully saturated rings. The Morgan fingerprint density at radius 1 is 0.794 bits per heavy atom. The summed E-state index contributed by atoms with van der Waals surface area (Å²) in [6, 6.07) is 5.67. The lowest BCUT2D eigenvalue weighted by atomic mass is 9.98. The third-order valence-electron chi connectivity index (χ3n) is 4.48. The van der Waals surface area contributed by atoms with Gasteiger partial charge in [0.1, 0.15) is 12.7 Å². The van der Waals surface area contributed by atoms with Gasteiger partial charge in [0.25, 0.3) is 10.1 Å². The van der Waals surface area contributed by atoms with Crippen molar-refractivity contribution in [3.05, 3.63) is 29.8 Å². The largest absolute Gasteiger partial charge is 0.463 e.